The van der Waals surface area contributed by atoms with Gasteiger partial charge in [0.1, 0.15) is 6.10 Å². The van der Waals surface area contributed by atoms with E-state index in [4.69, 9.17) is 0 Å². The van der Waals surface area contributed by atoms with Crippen LogP contribution in [0.4, 0.5) is 0 Å². The molecule has 2 aromatic rings. The second kappa shape index (κ2) is 5.25. The van der Waals surface area contributed by atoms with Crippen molar-refractivity contribution >= 4 is 15.9 Å². The summed E-state index contributed by atoms with van der Waals surface area (Å²) in [5.41, 5.74) is 5.42. The molecule has 0 aromatic heterocycles. The first-order valence-corrected chi connectivity index (χ1v) is 6.80. The molecule has 0 radical (unpaired) electrons. The fourth-order valence-electron chi connectivity index (χ4n) is 2.09. The molecule has 0 amide bonds. The van der Waals surface area contributed by atoms with E-state index in [-0.39, 0.29) is 0 Å². The minimum absolute atomic E-state index is 0.559. The van der Waals surface area contributed by atoms with Crippen LogP contribution in [0, 0.1) is 20.8 Å². The fraction of sp³-hybridized carbons (Fsp3) is 0.250. The minimum Gasteiger partial charge on any atom is -0.384 e. The number of benzene rings is 2. The zero-order chi connectivity index (χ0) is 13.3. The first kappa shape index (κ1) is 13.3. The Morgan fingerprint density at radius 3 is 2.39 bits per heavy atom. The van der Waals surface area contributed by atoms with Crippen LogP contribution in [0.15, 0.2) is 40.9 Å². The molecule has 0 saturated carbocycles. The molecule has 18 heavy (non-hydrogen) atoms. The summed E-state index contributed by atoms with van der Waals surface area (Å²) >= 11 is 3.48. The number of halogens is 1. The highest BCUT2D eigenvalue weighted by Gasteiger charge is 2.14. The topological polar surface area (TPSA) is 20.2 Å². The van der Waals surface area contributed by atoms with Gasteiger partial charge in [0.15, 0.2) is 0 Å². The molecule has 0 saturated heterocycles. The summed E-state index contributed by atoms with van der Waals surface area (Å²) in [6.07, 6.45) is -0.559. The van der Waals surface area contributed by atoms with E-state index in [0.717, 1.165) is 26.7 Å². The van der Waals surface area contributed by atoms with Crippen molar-refractivity contribution in [3.05, 3.63) is 68.7 Å². The number of aryl methyl sites for hydroxylation is 2. The lowest BCUT2D eigenvalue weighted by atomic mass is 9.94. The summed E-state index contributed by atoms with van der Waals surface area (Å²) in [4.78, 5) is 0. The molecule has 1 unspecified atom stereocenters. The van der Waals surface area contributed by atoms with Crippen molar-refractivity contribution in [1.82, 2.24) is 0 Å². The Kier molecular flexibility index (Phi) is 3.88. The molecule has 0 fully saturated rings. The van der Waals surface area contributed by atoms with Crippen LogP contribution in [0.3, 0.4) is 0 Å². The molecule has 0 aliphatic carbocycles. The maximum absolute atomic E-state index is 10.5. The quantitative estimate of drug-likeness (QED) is 0.868. The molecule has 2 rings (SSSR count). The predicted octanol–water partition coefficient (Wildman–Crippen LogP) is 4.46. The summed E-state index contributed by atoms with van der Waals surface area (Å²) in [5, 5.41) is 10.5. The normalized spacial score (nSPS) is 12.5. The van der Waals surface area contributed by atoms with E-state index in [9.17, 15) is 5.11 Å². The van der Waals surface area contributed by atoms with Crippen molar-refractivity contribution in [3.8, 4) is 0 Å². The fourth-order valence-corrected chi connectivity index (χ4v) is 2.33. The van der Waals surface area contributed by atoms with Crippen molar-refractivity contribution < 1.29 is 5.11 Å². The van der Waals surface area contributed by atoms with E-state index >= 15 is 0 Å². The monoisotopic (exact) mass is 304 g/mol. The lowest BCUT2D eigenvalue weighted by molar-refractivity contribution is 0.219. The Balaban J connectivity index is 2.44. The molecule has 1 N–H and O–H groups in total. The van der Waals surface area contributed by atoms with Gasteiger partial charge in [0, 0.05) is 4.47 Å². The lowest BCUT2D eigenvalue weighted by Gasteiger charge is -2.16. The van der Waals surface area contributed by atoms with Gasteiger partial charge in [-0.05, 0) is 54.7 Å². The summed E-state index contributed by atoms with van der Waals surface area (Å²) in [6.45, 7) is 6.15. The van der Waals surface area contributed by atoms with Crippen molar-refractivity contribution in [3.63, 3.8) is 0 Å². The zero-order valence-corrected chi connectivity index (χ0v) is 12.5. The van der Waals surface area contributed by atoms with Crippen molar-refractivity contribution in [2.45, 2.75) is 26.9 Å². The first-order valence-electron chi connectivity index (χ1n) is 6.01. The molecule has 1 atom stereocenters. The molecule has 1 nitrogen and oxygen atoms in total. The molecule has 94 valence electrons. The Bertz CT molecular complexity index is 575. The Morgan fingerprint density at radius 2 is 1.72 bits per heavy atom. The summed E-state index contributed by atoms with van der Waals surface area (Å²) < 4.78 is 1.07. The molecule has 2 aromatic carbocycles. The molecule has 0 bridgehead atoms. The third-order valence-electron chi connectivity index (χ3n) is 3.44. The van der Waals surface area contributed by atoms with Gasteiger partial charge in [-0.25, -0.2) is 0 Å². The first-order chi connectivity index (χ1) is 8.50. The molecular weight excluding hydrogens is 288 g/mol. The van der Waals surface area contributed by atoms with Gasteiger partial charge < -0.3 is 5.11 Å². The van der Waals surface area contributed by atoms with E-state index in [2.05, 4.69) is 35.8 Å². The van der Waals surface area contributed by atoms with Gasteiger partial charge in [-0.2, -0.15) is 0 Å². The van der Waals surface area contributed by atoms with Crippen molar-refractivity contribution in [1.29, 1.82) is 0 Å². The Morgan fingerprint density at radius 1 is 1.00 bits per heavy atom. The number of hydrogen-bond donors (Lipinski definition) is 1. The minimum atomic E-state index is -0.559. The largest absolute Gasteiger partial charge is 0.384 e. The summed E-state index contributed by atoms with van der Waals surface area (Å²) in [7, 11) is 0. The molecule has 0 aliphatic heterocycles. The Hall–Kier alpha value is -1.12. The molecule has 0 spiro atoms. The second-order valence-corrected chi connectivity index (χ2v) is 5.55. The highest BCUT2D eigenvalue weighted by Crippen LogP contribution is 2.28. The molecule has 0 heterocycles. The van der Waals surface area contributed by atoms with Crippen molar-refractivity contribution in [2.75, 3.05) is 0 Å². The maximum atomic E-state index is 10.5. The van der Waals surface area contributed by atoms with E-state index in [0.29, 0.717) is 0 Å². The van der Waals surface area contributed by atoms with E-state index in [1.807, 2.05) is 37.3 Å². The molecular formula is C16H17BrO. The van der Waals surface area contributed by atoms with Gasteiger partial charge >= 0.3 is 0 Å². The number of aliphatic hydroxyl groups is 1. The van der Waals surface area contributed by atoms with E-state index in [1.54, 1.807) is 0 Å². The third-order valence-corrected chi connectivity index (χ3v) is 4.33. The Labute approximate surface area is 117 Å². The van der Waals surface area contributed by atoms with E-state index in [1.165, 1.54) is 5.56 Å². The van der Waals surface area contributed by atoms with Crippen LogP contribution >= 0.6 is 15.9 Å². The van der Waals surface area contributed by atoms with Crippen LogP contribution in [-0.2, 0) is 0 Å². The second-order valence-electron chi connectivity index (χ2n) is 4.70. The van der Waals surface area contributed by atoms with Crippen LogP contribution in [0.5, 0.6) is 0 Å². The maximum Gasteiger partial charge on any atom is 0.104 e. The predicted molar refractivity (Wildman–Crippen MR) is 78.9 cm³/mol. The number of rotatable bonds is 2. The molecule has 2 heteroatoms. The van der Waals surface area contributed by atoms with Crippen LogP contribution in [0.25, 0.3) is 0 Å². The summed E-state index contributed by atoms with van der Waals surface area (Å²) in [5.74, 6) is 0. The van der Waals surface area contributed by atoms with Crippen molar-refractivity contribution in [2.24, 2.45) is 0 Å². The average Bonchev–Trinajstić information content (AvgIpc) is 2.35. The SMILES string of the molecule is Cc1cc(C(O)c2cccc(C)c2C)ccc1Br. The highest BCUT2D eigenvalue weighted by molar-refractivity contribution is 9.10. The number of aliphatic hydroxyl groups excluding tert-OH is 1. The van der Waals surface area contributed by atoms with Gasteiger partial charge in [-0.1, -0.05) is 46.3 Å². The van der Waals surface area contributed by atoms with Crippen LogP contribution in [-0.4, -0.2) is 5.11 Å². The van der Waals surface area contributed by atoms with Gasteiger partial charge in [0.25, 0.3) is 0 Å². The number of hydrogen-bond acceptors (Lipinski definition) is 1. The van der Waals surface area contributed by atoms with Crippen LogP contribution in [0.1, 0.15) is 33.9 Å². The van der Waals surface area contributed by atoms with Gasteiger partial charge in [0.2, 0.25) is 0 Å². The van der Waals surface area contributed by atoms with Gasteiger partial charge in [0.05, 0.1) is 0 Å². The van der Waals surface area contributed by atoms with Crippen LogP contribution < -0.4 is 0 Å². The smallest absolute Gasteiger partial charge is 0.104 e. The standard InChI is InChI=1S/C16H17BrO/c1-10-5-4-6-14(12(10)3)16(18)13-7-8-15(17)11(2)9-13/h4-9,16,18H,1-3H3. The lowest BCUT2D eigenvalue weighted by Crippen LogP contribution is -2.03. The zero-order valence-electron chi connectivity index (χ0n) is 10.9. The van der Waals surface area contributed by atoms with Gasteiger partial charge in [-0.15, -0.1) is 0 Å². The highest BCUT2D eigenvalue weighted by atomic mass is 79.9. The van der Waals surface area contributed by atoms with Gasteiger partial charge in [-0.3, -0.25) is 0 Å². The van der Waals surface area contributed by atoms with E-state index < -0.39 is 6.10 Å². The third kappa shape index (κ3) is 2.50. The summed E-state index contributed by atoms with van der Waals surface area (Å²) in [6, 6.07) is 12.0. The van der Waals surface area contributed by atoms with Crippen LogP contribution in [0.2, 0.25) is 0 Å². The molecule has 0 aliphatic rings. The average molecular weight is 305 g/mol.